The van der Waals surface area contributed by atoms with Crippen LogP contribution < -0.4 is 10.6 Å². The van der Waals surface area contributed by atoms with E-state index in [4.69, 9.17) is 9.47 Å². The summed E-state index contributed by atoms with van der Waals surface area (Å²) >= 11 is 3.21. The Kier molecular flexibility index (Phi) is 16.7. The third kappa shape index (κ3) is 11.0. The van der Waals surface area contributed by atoms with Crippen LogP contribution >= 0.6 is 15.9 Å². The van der Waals surface area contributed by atoms with E-state index in [0.29, 0.717) is 30.3 Å². The number of carbonyl (C=O) groups excluding carboxylic acids is 3. The number of pyridine rings is 1. The molecular formula is C39H57BrFN5O7. The quantitative estimate of drug-likeness (QED) is 0.162. The number of nitrogens with zero attached hydrogens (tertiary/aromatic N) is 3. The van der Waals surface area contributed by atoms with Crippen molar-refractivity contribution in [1.29, 1.82) is 0 Å². The average Bonchev–Trinajstić information content (AvgIpc) is 3.62. The molecule has 2 unspecified atom stereocenters. The van der Waals surface area contributed by atoms with E-state index in [2.05, 4.69) is 31.5 Å². The zero-order valence-corrected chi connectivity index (χ0v) is 33.9. The van der Waals surface area contributed by atoms with Gasteiger partial charge in [0.25, 0.3) is 0 Å². The lowest BCUT2D eigenvalue weighted by atomic mass is 9.89. The number of hydrogen-bond acceptors (Lipinski definition) is 8. The van der Waals surface area contributed by atoms with Gasteiger partial charge in [0.15, 0.2) is 11.6 Å². The Morgan fingerprint density at radius 3 is 2.28 bits per heavy atom. The fourth-order valence-corrected chi connectivity index (χ4v) is 7.64. The lowest BCUT2D eigenvalue weighted by Gasteiger charge is -2.41. The summed E-state index contributed by atoms with van der Waals surface area (Å²) in [7, 11) is 4.69. The summed E-state index contributed by atoms with van der Waals surface area (Å²) in [5.74, 6) is -4.31. The average molecular weight is 807 g/mol. The minimum Gasteiger partial charge on any atom is -0.480 e. The van der Waals surface area contributed by atoms with Crippen molar-refractivity contribution in [2.45, 2.75) is 110 Å². The van der Waals surface area contributed by atoms with E-state index in [-0.39, 0.29) is 35.9 Å². The highest BCUT2D eigenvalue weighted by atomic mass is 79.9. The van der Waals surface area contributed by atoms with E-state index in [9.17, 15) is 28.7 Å². The summed E-state index contributed by atoms with van der Waals surface area (Å²) in [6.07, 6.45) is 2.03. The molecule has 3 amide bonds. The molecule has 9 atom stereocenters. The van der Waals surface area contributed by atoms with Gasteiger partial charge in [-0.2, -0.15) is 0 Å². The number of carbonyl (C=O) groups is 4. The van der Waals surface area contributed by atoms with Crippen LogP contribution in [0.3, 0.4) is 0 Å². The molecule has 1 fully saturated rings. The normalized spacial score (nSPS) is 19.0. The lowest BCUT2D eigenvalue weighted by Crippen LogP contribution is -2.56. The summed E-state index contributed by atoms with van der Waals surface area (Å²) in [6.45, 7) is 11.6. The van der Waals surface area contributed by atoms with E-state index >= 15 is 0 Å². The molecule has 0 spiro atoms. The molecule has 3 rings (SSSR count). The number of ether oxygens (including phenoxy) is 2. The number of carboxylic acid groups (broad SMARTS) is 1. The van der Waals surface area contributed by atoms with Gasteiger partial charge in [-0.15, -0.1) is 0 Å². The molecule has 3 N–H and O–H groups in total. The zero-order chi connectivity index (χ0) is 39.6. The Morgan fingerprint density at radius 2 is 1.74 bits per heavy atom. The molecule has 1 aliphatic rings. The first-order valence-corrected chi connectivity index (χ1v) is 19.1. The molecule has 14 heteroatoms. The van der Waals surface area contributed by atoms with Crippen molar-refractivity contribution in [2.24, 2.45) is 17.8 Å². The van der Waals surface area contributed by atoms with E-state index in [1.165, 1.54) is 26.5 Å². The molecule has 0 aliphatic carbocycles. The zero-order valence-electron chi connectivity index (χ0n) is 32.3. The number of benzene rings is 1. The van der Waals surface area contributed by atoms with Gasteiger partial charge < -0.3 is 35.0 Å². The number of likely N-dealkylation sites (tertiary alicyclic amines) is 1. The van der Waals surface area contributed by atoms with Gasteiger partial charge in [0.2, 0.25) is 17.7 Å². The summed E-state index contributed by atoms with van der Waals surface area (Å²) in [6, 6.07) is 7.50. The molecule has 53 heavy (non-hydrogen) atoms. The second kappa shape index (κ2) is 20.2. The number of amides is 3. The number of nitrogens with one attached hydrogen (secondary N) is 2. The molecule has 1 aromatic carbocycles. The summed E-state index contributed by atoms with van der Waals surface area (Å²) < 4.78 is 27.1. The highest BCUT2D eigenvalue weighted by Crippen LogP contribution is 2.30. The number of carboxylic acids is 1. The van der Waals surface area contributed by atoms with Gasteiger partial charge in [0, 0.05) is 44.4 Å². The van der Waals surface area contributed by atoms with Gasteiger partial charge >= 0.3 is 5.97 Å². The Balaban J connectivity index is 1.79. The molecule has 0 bridgehead atoms. The third-order valence-corrected chi connectivity index (χ3v) is 11.1. The SMILES string of the molecule is CC[C@H](C)[C@@H]([C@@H](CC(=O)N1CCC[C@H]1[C@H](OC)[C@@H](C)C(=O)NC(C(=O)O)C(C)c1ccccc1)OC)N(C)C(=O)[C@@H](Nc1ncc(Br)cc1F)C(C)C. The molecule has 0 saturated carbocycles. The maximum atomic E-state index is 14.7. The summed E-state index contributed by atoms with van der Waals surface area (Å²) in [4.78, 5) is 61.6. The first kappa shape index (κ1) is 43.8. The molecule has 0 radical (unpaired) electrons. The predicted octanol–water partition coefficient (Wildman–Crippen LogP) is 5.71. The molecule has 2 heterocycles. The maximum Gasteiger partial charge on any atom is 0.326 e. The van der Waals surface area contributed by atoms with Crippen LogP contribution in [0.1, 0.15) is 78.7 Å². The van der Waals surface area contributed by atoms with Crippen LogP contribution in [0.5, 0.6) is 0 Å². The van der Waals surface area contributed by atoms with E-state index in [1.54, 1.807) is 30.7 Å². The minimum absolute atomic E-state index is 0.0328. The predicted molar refractivity (Wildman–Crippen MR) is 205 cm³/mol. The largest absolute Gasteiger partial charge is 0.480 e. The lowest BCUT2D eigenvalue weighted by molar-refractivity contribution is -0.147. The van der Waals surface area contributed by atoms with Crippen molar-refractivity contribution in [3.63, 3.8) is 0 Å². The van der Waals surface area contributed by atoms with Crippen LogP contribution in [-0.2, 0) is 28.7 Å². The van der Waals surface area contributed by atoms with Gasteiger partial charge in [-0.05, 0) is 52.2 Å². The van der Waals surface area contributed by atoms with Crippen molar-refractivity contribution >= 4 is 45.4 Å². The standard InChI is InChI=1S/C39H57BrFN5O7/c1-10-23(4)34(45(7)38(49)32(22(2)3)43-36-28(41)19-27(40)21-42-36)30(52-8)20-31(47)46-18-14-17-29(46)35(53-9)25(6)37(48)44-33(39(50)51)24(5)26-15-12-11-13-16-26/h11-13,15-16,19,21-25,29-30,32-35H,10,14,17-18,20H2,1-9H3,(H,42,43)(H,44,48)(H,50,51)/t23-,24?,25+,29-,30+,32-,33?,34-,35+/m0/s1. The van der Waals surface area contributed by atoms with Crippen molar-refractivity contribution < 1.29 is 38.1 Å². The molecule has 12 nitrogen and oxygen atoms in total. The van der Waals surface area contributed by atoms with Crippen LogP contribution in [0.25, 0.3) is 0 Å². The van der Waals surface area contributed by atoms with Gasteiger partial charge in [0.05, 0.1) is 36.6 Å². The summed E-state index contributed by atoms with van der Waals surface area (Å²) in [5.41, 5.74) is 0.783. The second-order valence-electron chi connectivity index (χ2n) is 14.5. The number of hydrogen-bond donors (Lipinski definition) is 3. The Bertz CT molecular complexity index is 1530. The highest BCUT2D eigenvalue weighted by Gasteiger charge is 2.43. The smallest absolute Gasteiger partial charge is 0.326 e. The van der Waals surface area contributed by atoms with E-state index in [1.807, 2.05) is 58.0 Å². The van der Waals surface area contributed by atoms with Gasteiger partial charge in [-0.25, -0.2) is 14.2 Å². The number of rotatable bonds is 19. The Morgan fingerprint density at radius 1 is 1.08 bits per heavy atom. The minimum atomic E-state index is -1.17. The van der Waals surface area contributed by atoms with Crippen molar-refractivity contribution in [3.05, 3.63) is 58.4 Å². The first-order valence-electron chi connectivity index (χ1n) is 18.3. The van der Waals surface area contributed by atoms with Crippen LogP contribution in [0.2, 0.25) is 0 Å². The van der Waals surface area contributed by atoms with Crippen LogP contribution in [0.15, 0.2) is 47.1 Å². The molecule has 1 aromatic heterocycles. The molecular weight excluding hydrogens is 749 g/mol. The van der Waals surface area contributed by atoms with Crippen molar-refractivity contribution in [3.8, 4) is 0 Å². The number of halogens is 2. The Hall–Kier alpha value is -3.62. The first-order chi connectivity index (χ1) is 25.1. The highest BCUT2D eigenvalue weighted by molar-refractivity contribution is 9.10. The molecule has 1 aliphatic heterocycles. The molecule has 294 valence electrons. The van der Waals surface area contributed by atoms with Crippen molar-refractivity contribution in [1.82, 2.24) is 20.1 Å². The Labute approximate surface area is 321 Å². The van der Waals surface area contributed by atoms with E-state index in [0.717, 1.165) is 5.56 Å². The number of aromatic nitrogens is 1. The van der Waals surface area contributed by atoms with E-state index < -0.39 is 65.9 Å². The third-order valence-electron chi connectivity index (χ3n) is 10.7. The number of likely N-dealkylation sites (N-methyl/N-ethyl adjacent to an activating group) is 1. The fourth-order valence-electron chi connectivity index (χ4n) is 7.34. The fraction of sp³-hybridized carbons (Fsp3) is 0.615. The number of anilines is 1. The van der Waals surface area contributed by atoms with Gasteiger partial charge in [-0.1, -0.05) is 78.3 Å². The number of methoxy groups -OCH3 is 2. The van der Waals surface area contributed by atoms with Gasteiger partial charge in [0.1, 0.15) is 12.1 Å². The van der Waals surface area contributed by atoms with Crippen LogP contribution in [0, 0.1) is 23.6 Å². The second-order valence-corrected chi connectivity index (χ2v) is 15.4. The summed E-state index contributed by atoms with van der Waals surface area (Å²) in [5, 5.41) is 15.7. The van der Waals surface area contributed by atoms with Crippen LogP contribution in [0.4, 0.5) is 10.2 Å². The van der Waals surface area contributed by atoms with Crippen LogP contribution in [-0.4, -0.2) is 108 Å². The molecule has 2 aromatic rings. The number of aliphatic carboxylic acids is 1. The maximum absolute atomic E-state index is 14.7. The molecule has 1 saturated heterocycles. The van der Waals surface area contributed by atoms with Crippen molar-refractivity contribution in [2.75, 3.05) is 33.1 Å². The topological polar surface area (TPSA) is 150 Å². The van der Waals surface area contributed by atoms with Gasteiger partial charge in [-0.3, -0.25) is 14.4 Å². The monoisotopic (exact) mass is 805 g/mol.